The number of likely N-dealkylation sites (tertiary alicyclic amines) is 1. The molecule has 1 aromatic rings. The van der Waals surface area contributed by atoms with E-state index in [2.05, 4.69) is 16.0 Å². The molecule has 17 heavy (non-hydrogen) atoms. The number of hydrogen-bond donors (Lipinski definition) is 1. The third-order valence-corrected chi connectivity index (χ3v) is 4.30. The van der Waals surface area contributed by atoms with E-state index in [1.165, 1.54) is 38.6 Å². The van der Waals surface area contributed by atoms with Crippen molar-refractivity contribution in [2.45, 2.75) is 44.7 Å². The van der Waals surface area contributed by atoms with Crippen LogP contribution in [0.3, 0.4) is 0 Å². The highest BCUT2D eigenvalue weighted by Gasteiger charge is 2.34. The fourth-order valence-corrected chi connectivity index (χ4v) is 3.55. The second kappa shape index (κ2) is 4.65. The number of aromatic nitrogens is 1. The Bertz CT molecular complexity index is 391. The van der Waals surface area contributed by atoms with Crippen molar-refractivity contribution in [1.29, 1.82) is 0 Å². The third kappa shape index (κ3) is 2.29. The number of nitrogens with two attached hydrogens (primary N) is 1. The summed E-state index contributed by atoms with van der Waals surface area (Å²) in [6.07, 6.45) is 7.02. The number of rotatable bonds is 2. The molecule has 3 nitrogen and oxygen atoms in total. The van der Waals surface area contributed by atoms with Gasteiger partial charge < -0.3 is 5.73 Å². The molecule has 1 saturated carbocycles. The van der Waals surface area contributed by atoms with Crippen molar-refractivity contribution in [3.8, 4) is 0 Å². The monoisotopic (exact) mass is 231 g/mol. The molecule has 0 bridgehead atoms. The van der Waals surface area contributed by atoms with Gasteiger partial charge in [0, 0.05) is 12.6 Å². The zero-order valence-electron chi connectivity index (χ0n) is 10.3. The lowest BCUT2D eigenvalue weighted by atomic mass is 9.92. The third-order valence-electron chi connectivity index (χ3n) is 4.30. The van der Waals surface area contributed by atoms with E-state index in [-0.39, 0.29) is 0 Å². The minimum Gasteiger partial charge on any atom is -0.384 e. The number of fused-ring (bicyclic) bond motifs is 1. The highest BCUT2D eigenvalue weighted by atomic mass is 15.2. The number of pyridine rings is 1. The summed E-state index contributed by atoms with van der Waals surface area (Å²) in [6.45, 7) is 2.21. The van der Waals surface area contributed by atoms with E-state index in [0.29, 0.717) is 5.82 Å². The highest BCUT2D eigenvalue weighted by Crippen LogP contribution is 2.37. The van der Waals surface area contributed by atoms with Crippen molar-refractivity contribution >= 4 is 5.82 Å². The van der Waals surface area contributed by atoms with Crippen molar-refractivity contribution in [2.75, 3.05) is 12.3 Å². The molecule has 3 rings (SSSR count). The second-order valence-electron chi connectivity index (χ2n) is 5.42. The lowest BCUT2D eigenvalue weighted by molar-refractivity contribution is 0.104. The molecule has 1 saturated heterocycles. The van der Waals surface area contributed by atoms with Crippen LogP contribution in [0.15, 0.2) is 18.2 Å². The molecule has 3 heteroatoms. The fourth-order valence-electron chi connectivity index (χ4n) is 3.55. The van der Waals surface area contributed by atoms with Crippen molar-refractivity contribution < 1.29 is 0 Å². The van der Waals surface area contributed by atoms with Crippen LogP contribution in [0, 0.1) is 5.92 Å². The summed E-state index contributed by atoms with van der Waals surface area (Å²) < 4.78 is 0. The van der Waals surface area contributed by atoms with Gasteiger partial charge in [0.1, 0.15) is 5.82 Å². The van der Waals surface area contributed by atoms with Crippen LogP contribution in [-0.2, 0) is 6.54 Å². The number of piperidine rings is 1. The normalized spacial score (nSPS) is 29.2. The second-order valence-corrected chi connectivity index (χ2v) is 5.42. The quantitative estimate of drug-likeness (QED) is 0.850. The van der Waals surface area contributed by atoms with E-state index < -0.39 is 0 Å². The van der Waals surface area contributed by atoms with Crippen molar-refractivity contribution in [3.63, 3.8) is 0 Å². The minimum atomic E-state index is 0.641. The average Bonchev–Trinajstić information content (AvgIpc) is 2.78. The average molecular weight is 231 g/mol. The summed E-state index contributed by atoms with van der Waals surface area (Å²) >= 11 is 0. The van der Waals surface area contributed by atoms with E-state index >= 15 is 0 Å². The van der Waals surface area contributed by atoms with E-state index in [1.807, 2.05) is 12.1 Å². The van der Waals surface area contributed by atoms with Gasteiger partial charge in [0.05, 0.1) is 5.69 Å². The number of hydrogen-bond acceptors (Lipinski definition) is 3. The molecule has 0 spiro atoms. The number of anilines is 1. The Kier molecular flexibility index (Phi) is 3.02. The molecule has 92 valence electrons. The predicted molar refractivity (Wildman–Crippen MR) is 69.4 cm³/mol. The molecular weight excluding hydrogens is 210 g/mol. The Morgan fingerprint density at radius 3 is 3.00 bits per heavy atom. The summed E-state index contributed by atoms with van der Waals surface area (Å²) in [7, 11) is 0. The van der Waals surface area contributed by atoms with E-state index in [9.17, 15) is 0 Å². The largest absolute Gasteiger partial charge is 0.384 e. The molecular formula is C14H21N3. The molecule has 2 heterocycles. The topological polar surface area (TPSA) is 42.1 Å². The van der Waals surface area contributed by atoms with Gasteiger partial charge in [-0.05, 0) is 50.3 Å². The Balaban J connectivity index is 1.71. The number of nitrogen functional groups attached to an aromatic ring is 1. The maximum absolute atomic E-state index is 5.74. The van der Waals surface area contributed by atoms with Crippen LogP contribution in [0.4, 0.5) is 5.82 Å². The van der Waals surface area contributed by atoms with Crippen LogP contribution in [0.25, 0.3) is 0 Å². The Morgan fingerprint density at radius 1 is 1.24 bits per heavy atom. The van der Waals surface area contributed by atoms with Gasteiger partial charge in [-0.15, -0.1) is 0 Å². The summed E-state index contributed by atoms with van der Waals surface area (Å²) in [6, 6.07) is 6.77. The lowest BCUT2D eigenvalue weighted by Crippen LogP contribution is -2.42. The zero-order valence-corrected chi connectivity index (χ0v) is 10.3. The van der Waals surface area contributed by atoms with E-state index in [1.54, 1.807) is 0 Å². The van der Waals surface area contributed by atoms with Crippen LogP contribution >= 0.6 is 0 Å². The van der Waals surface area contributed by atoms with Gasteiger partial charge in [-0.1, -0.05) is 12.5 Å². The van der Waals surface area contributed by atoms with Crippen LogP contribution in [0.5, 0.6) is 0 Å². The summed E-state index contributed by atoms with van der Waals surface area (Å²) in [4.78, 5) is 7.05. The molecule has 2 N–H and O–H groups in total. The fraction of sp³-hybridized carbons (Fsp3) is 0.643. The number of nitrogens with zero attached hydrogens (tertiary/aromatic N) is 2. The summed E-state index contributed by atoms with van der Waals surface area (Å²) in [5.74, 6) is 1.59. The van der Waals surface area contributed by atoms with Crippen molar-refractivity contribution in [3.05, 3.63) is 23.9 Å². The summed E-state index contributed by atoms with van der Waals surface area (Å²) in [5.41, 5.74) is 6.86. The van der Waals surface area contributed by atoms with E-state index in [0.717, 1.165) is 24.2 Å². The molecule has 2 aliphatic rings. The maximum atomic E-state index is 5.74. The first kappa shape index (κ1) is 11.0. The molecule has 0 amide bonds. The van der Waals surface area contributed by atoms with Crippen LogP contribution in [-0.4, -0.2) is 22.5 Å². The van der Waals surface area contributed by atoms with Gasteiger partial charge >= 0.3 is 0 Å². The first-order valence-corrected chi connectivity index (χ1v) is 6.78. The molecule has 0 radical (unpaired) electrons. The Morgan fingerprint density at radius 2 is 2.12 bits per heavy atom. The van der Waals surface area contributed by atoms with Gasteiger partial charge in [0.2, 0.25) is 0 Å². The first-order chi connectivity index (χ1) is 8.33. The molecule has 1 aromatic heterocycles. The molecule has 0 aromatic carbocycles. The van der Waals surface area contributed by atoms with Crippen LogP contribution in [0.1, 0.15) is 37.8 Å². The first-order valence-electron chi connectivity index (χ1n) is 6.78. The van der Waals surface area contributed by atoms with Gasteiger partial charge in [-0.2, -0.15) is 0 Å². The maximum Gasteiger partial charge on any atom is 0.123 e. The van der Waals surface area contributed by atoms with Gasteiger partial charge in [-0.25, -0.2) is 4.98 Å². The SMILES string of the molecule is Nc1cccc(CN2CCCC3CCCC32)n1. The molecule has 1 aliphatic heterocycles. The Hall–Kier alpha value is -1.09. The zero-order chi connectivity index (χ0) is 11.7. The summed E-state index contributed by atoms with van der Waals surface area (Å²) in [5, 5.41) is 0. The van der Waals surface area contributed by atoms with Crippen molar-refractivity contribution in [2.24, 2.45) is 5.92 Å². The van der Waals surface area contributed by atoms with Gasteiger partial charge in [0.25, 0.3) is 0 Å². The highest BCUT2D eigenvalue weighted by molar-refractivity contribution is 5.28. The molecule has 2 atom stereocenters. The lowest BCUT2D eigenvalue weighted by Gasteiger charge is -2.37. The Labute approximate surface area is 103 Å². The molecule has 1 aliphatic carbocycles. The van der Waals surface area contributed by atoms with Crippen molar-refractivity contribution in [1.82, 2.24) is 9.88 Å². The predicted octanol–water partition coefficient (Wildman–Crippen LogP) is 2.43. The molecule has 2 unspecified atom stereocenters. The minimum absolute atomic E-state index is 0.641. The van der Waals surface area contributed by atoms with Crippen LogP contribution in [0.2, 0.25) is 0 Å². The van der Waals surface area contributed by atoms with E-state index in [4.69, 9.17) is 5.73 Å². The molecule has 2 fully saturated rings. The van der Waals surface area contributed by atoms with Crippen LogP contribution < -0.4 is 5.73 Å². The van der Waals surface area contributed by atoms with Gasteiger partial charge in [0.15, 0.2) is 0 Å². The van der Waals surface area contributed by atoms with Gasteiger partial charge in [-0.3, -0.25) is 4.90 Å². The standard InChI is InChI=1S/C14H21N3/c15-14-8-2-6-12(16-14)10-17-9-3-5-11-4-1-7-13(11)17/h2,6,8,11,13H,1,3-5,7,9-10H2,(H2,15,16). The smallest absolute Gasteiger partial charge is 0.123 e.